The molecule has 2 aromatic heterocycles. The fourth-order valence-electron chi connectivity index (χ4n) is 6.88. The molecule has 3 amide bonds. The number of anilines is 2. The van der Waals surface area contributed by atoms with E-state index in [0.29, 0.717) is 56.2 Å². The van der Waals surface area contributed by atoms with Gasteiger partial charge in [-0.3, -0.25) is 24.4 Å². The van der Waals surface area contributed by atoms with Gasteiger partial charge in [-0.25, -0.2) is 14.4 Å². The second-order valence-corrected chi connectivity index (χ2v) is 13.1. The summed E-state index contributed by atoms with van der Waals surface area (Å²) in [6.45, 7) is 6.78. The number of H-pyrrole nitrogens is 1. The van der Waals surface area contributed by atoms with Crippen LogP contribution in [0.4, 0.5) is 15.8 Å². The third-order valence-corrected chi connectivity index (χ3v) is 9.63. The normalized spacial score (nSPS) is 19.5. The summed E-state index contributed by atoms with van der Waals surface area (Å²) in [6.07, 6.45) is 4.51. The van der Waals surface area contributed by atoms with Crippen LogP contribution in [0.1, 0.15) is 18.9 Å². The lowest BCUT2D eigenvalue weighted by Gasteiger charge is -2.41. The number of nitrogens with one attached hydrogen (secondary N) is 3. The predicted octanol–water partition coefficient (Wildman–Crippen LogP) is 4.00. The highest BCUT2D eigenvalue weighted by Crippen LogP contribution is 2.30. The first kappa shape index (κ1) is 32.8. The fourth-order valence-corrected chi connectivity index (χ4v) is 6.88. The van der Waals surface area contributed by atoms with Crippen molar-refractivity contribution in [2.45, 2.75) is 31.8 Å². The zero-order chi connectivity index (χ0) is 34.8. The molecule has 7 rings (SSSR count). The molecule has 3 aromatic carbocycles. The minimum Gasteiger partial charge on any atom is -0.368 e. The number of fused-ring (bicyclic) bond motifs is 1. The topological polar surface area (TPSA) is 139 Å². The van der Waals surface area contributed by atoms with Crippen molar-refractivity contribution in [3.05, 3.63) is 90.5 Å². The molecule has 2 aliphatic rings. The number of piperazine rings is 1. The van der Waals surface area contributed by atoms with Crippen LogP contribution < -0.4 is 15.5 Å². The van der Waals surface area contributed by atoms with Crippen LogP contribution in [0, 0.1) is 12.7 Å². The van der Waals surface area contributed by atoms with Crippen molar-refractivity contribution in [1.29, 1.82) is 0 Å². The molecule has 13 heteroatoms. The van der Waals surface area contributed by atoms with Crippen molar-refractivity contribution < 1.29 is 18.8 Å². The smallest absolute Gasteiger partial charge is 0.251 e. The van der Waals surface area contributed by atoms with Gasteiger partial charge >= 0.3 is 0 Å². The highest BCUT2D eigenvalue weighted by atomic mass is 19.1. The molecule has 256 valence electrons. The molecule has 0 spiro atoms. The number of hydrogen-bond donors (Lipinski definition) is 3. The van der Waals surface area contributed by atoms with Crippen molar-refractivity contribution in [1.82, 2.24) is 35.3 Å². The van der Waals surface area contributed by atoms with Gasteiger partial charge in [-0.2, -0.15) is 5.10 Å². The van der Waals surface area contributed by atoms with Crippen molar-refractivity contribution in [2.75, 3.05) is 49.5 Å². The van der Waals surface area contributed by atoms with Crippen molar-refractivity contribution in [3.63, 3.8) is 0 Å². The number of aromatic amines is 1. The van der Waals surface area contributed by atoms with Gasteiger partial charge in [-0.05, 0) is 92.6 Å². The van der Waals surface area contributed by atoms with Crippen LogP contribution in [-0.2, 0) is 14.4 Å². The summed E-state index contributed by atoms with van der Waals surface area (Å²) in [5, 5.41) is 13.8. The maximum Gasteiger partial charge on any atom is 0.251 e. The summed E-state index contributed by atoms with van der Waals surface area (Å²) in [7, 11) is 0. The number of aromatic nitrogens is 4. The molecule has 3 N–H and O–H groups in total. The van der Waals surface area contributed by atoms with E-state index in [1.54, 1.807) is 42.7 Å². The number of likely N-dealkylation sites (tertiary alicyclic amines) is 1. The summed E-state index contributed by atoms with van der Waals surface area (Å²) >= 11 is 0. The maximum absolute atomic E-state index is 13.7. The number of benzene rings is 3. The molecule has 50 heavy (non-hydrogen) atoms. The van der Waals surface area contributed by atoms with Gasteiger partial charge in [0.2, 0.25) is 12.3 Å². The number of rotatable bonds is 9. The highest BCUT2D eigenvalue weighted by molar-refractivity contribution is 6.02. The summed E-state index contributed by atoms with van der Waals surface area (Å²) < 4.78 is 13.5. The molecule has 0 bridgehead atoms. The van der Waals surface area contributed by atoms with Crippen LogP contribution in [-0.4, -0.2) is 99.0 Å². The lowest BCUT2D eigenvalue weighted by molar-refractivity contribution is -0.135. The van der Waals surface area contributed by atoms with Crippen molar-refractivity contribution in [2.24, 2.45) is 0 Å². The van der Waals surface area contributed by atoms with E-state index in [0.717, 1.165) is 33.3 Å². The van der Waals surface area contributed by atoms with Gasteiger partial charge in [-0.1, -0.05) is 0 Å². The standard InChI is InChI=1S/C37H38FN9O3/c1-24-18-39-35(40-19-24)27-5-10-30(11-6-27)46-15-16-47(25(2)20-46)33(49)21-45-14-13-37(22-45,41-23-48)36(50)42-29-9-12-32-31(17-29)34(44-43-32)26-3-7-28(38)8-4-26/h3-12,17-19,23,25H,13-16,20-22H2,1-2H3,(H,41,48)(H,42,50)(H,43,44)/t25-,37?/m1/s1. The van der Waals surface area contributed by atoms with Gasteiger partial charge in [0.25, 0.3) is 5.91 Å². The van der Waals surface area contributed by atoms with Crippen LogP contribution in [0.5, 0.6) is 0 Å². The summed E-state index contributed by atoms with van der Waals surface area (Å²) in [6, 6.07) is 19.6. The molecule has 2 saturated heterocycles. The van der Waals surface area contributed by atoms with E-state index in [4.69, 9.17) is 0 Å². The average molecular weight is 676 g/mol. The largest absolute Gasteiger partial charge is 0.368 e. The Morgan fingerprint density at radius 2 is 1.74 bits per heavy atom. The number of nitrogens with zero attached hydrogens (tertiary/aromatic N) is 6. The van der Waals surface area contributed by atoms with E-state index in [-0.39, 0.29) is 36.8 Å². The van der Waals surface area contributed by atoms with E-state index >= 15 is 0 Å². The Labute approximate surface area is 288 Å². The molecular formula is C37H38FN9O3. The third kappa shape index (κ3) is 6.64. The third-order valence-electron chi connectivity index (χ3n) is 9.63. The molecule has 2 atom stereocenters. The van der Waals surface area contributed by atoms with E-state index in [1.807, 2.05) is 35.8 Å². The number of carbonyl (C=O) groups is 3. The van der Waals surface area contributed by atoms with Crippen molar-refractivity contribution >= 4 is 40.5 Å². The molecule has 1 unspecified atom stereocenters. The summed E-state index contributed by atoms with van der Waals surface area (Å²) in [5.41, 5.74) is 4.48. The van der Waals surface area contributed by atoms with Gasteiger partial charge in [0.05, 0.1) is 17.8 Å². The Hall–Kier alpha value is -5.69. The second-order valence-electron chi connectivity index (χ2n) is 13.1. The van der Waals surface area contributed by atoms with Crippen LogP contribution >= 0.6 is 0 Å². The highest BCUT2D eigenvalue weighted by Gasteiger charge is 2.45. The molecule has 4 heterocycles. The Morgan fingerprint density at radius 1 is 1.00 bits per heavy atom. The second kappa shape index (κ2) is 13.7. The first-order chi connectivity index (χ1) is 24.2. The fraction of sp³-hybridized carbons (Fsp3) is 0.297. The van der Waals surface area contributed by atoms with Crippen molar-refractivity contribution in [3.8, 4) is 22.6 Å². The number of amides is 3. The number of carbonyl (C=O) groups excluding carboxylic acids is 3. The number of hydrogen-bond acceptors (Lipinski definition) is 8. The first-order valence-electron chi connectivity index (χ1n) is 16.6. The van der Waals surface area contributed by atoms with E-state index in [2.05, 4.69) is 47.8 Å². The SMILES string of the molecule is Cc1cnc(-c2ccc(N3CCN(C(=O)CN4CCC(NC=O)(C(=O)Nc5ccc6[nH]nc(-c7ccc(F)cc7)c6c5)C4)[C@H](C)C3)cc2)nc1. The molecule has 0 radical (unpaired) electrons. The van der Waals surface area contributed by atoms with Crippen LogP contribution in [0.25, 0.3) is 33.5 Å². The Morgan fingerprint density at radius 3 is 2.46 bits per heavy atom. The molecule has 12 nitrogen and oxygen atoms in total. The van der Waals surface area contributed by atoms with E-state index < -0.39 is 5.54 Å². The molecule has 5 aromatic rings. The number of aryl methyl sites for hydroxylation is 1. The predicted molar refractivity (Wildman–Crippen MR) is 189 cm³/mol. The Bertz CT molecular complexity index is 2020. The van der Waals surface area contributed by atoms with E-state index in [9.17, 15) is 18.8 Å². The van der Waals surface area contributed by atoms with Gasteiger partial charge in [0, 0.05) is 79.0 Å². The van der Waals surface area contributed by atoms with Crippen LogP contribution in [0.3, 0.4) is 0 Å². The monoisotopic (exact) mass is 675 g/mol. The molecular weight excluding hydrogens is 637 g/mol. The maximum atomic E-state index is 13.7. The molecule has 0 aliphatic carbocycles. The van der Waals surface area contributed by atoms with Gasteiger partial charge in [0.1, 0.15) is 11.4 Å². The lowest BCUT2D eigenvalue weighted by atomic mass is 9.97. The summed E-state index contributed by atoms with van der Waals surface area (Å²) in [5.74, 6) is -0.0326. The Balaban J connectivity index is 0.967. The average Bonchev–Trinajstić information content (AvgIpc) is 3.73. The quantitative estimate of drug-likeness (QED) is 0.199. The van der Waals surface area contributed by atoms with Gasteiger partial charge in [0.15, 0.2) is 5.82 Å². The molecule has 2 fully saturated rings. The summed E-state index contributed by atoms with van der Waals surface area (Å²) in [4.78, 5) is 53.9. The van der Waals surface area contributed by atoms with Crippen LogP contribution in [0.2, 0.25) is 0 Å². The van der Waals surface area contributed by atoms with E-state index in [1.165, 1.54) is 12.1 Å². The van der Waals surface area contributed by atoms with Crippen LogP contribution in [0.15, 0.2) is 79.1 Å². The first-order valence-corrected chi connectivity index (χ1v) is 16.6. The van der Waals surface area contributed by atoms with Gasteiger partial charge in [-0.15, -0.1) is 0 Å². The minimum atomic E-state index is -1.20. The molecule has 2 aliphatic heterocycles. The van der Waals surface area contributed by atoms with Gasteiger partial charge < -0.3 is 20.4 Å². The molecule has 0 saturated carbocycles. The minimum absolute atomic E-state index is 0.00920. The Kier molecular flexibility index (Phi) is 8.98. The number of halogens is 1. The lowest BCUT2D eigenvalue weighted by Crippen LogP contribution is -2.58. The zero-order valence-corrected chi connectivity index (χ0v) is 27.9. The zero-order valence-electron chi connectivity index (χ0n) is 27.9.